The Morgan fingerprint density at radius 1 is 1.07 bits per heavy atom. The fourth-order valence-electron chi connectivity index (χ4n) is 3.97. The van der Waals surface area contributed by atoms with E-state index >= 15 is 0 Å². The summed E-state index contributed by atoms with van der Waals surface area (Å²) < 4.78 is 27.4. The highest BCUT2D eigenvalue weighted by molar-refractivity contribution is 7.89. The summed E-state index contributed by atoms with van der Waals surface area (Å²) in [6.07, 6.45) is 1.18. The van der Waals surface area contributed by atoms with Crippen molar-refractivity contribution in [3.63, 3.8) is 0 Å². The van der Waals surface area contributed by atoms with Gasteiger partial charge in [-0.1, -0.05) is 6.07 Å². The molecule has 7 heteroatoms. The van der Waals surface area contributed by atoms with E-state index in [1.54, 1.807) is 12.1 Å². The Balaban J connectivity index is 1.66. The van der Waals surface area contributed by atoms with Gasteiger partial charge in [-0.15, -0.1) is 0 Å². The van der Waals surface area contributed by atoms with E-state index in [1.807, 2.05) is 24.8 Å². The molecule has 3 rings (SSSR count). The molecule has 1 aromatic rings. The molecule has 27 heavy (non-hydrogen) atoms. The summed E-state index contributed by atoms with van der Waals surface area (Å²) in [4.78, 5) is 15.3. The molecule has 2 heterocycles. The van der Waals surface area contributed by atoms with Crippen LogP contribution in [0.25, 0.3) is 0 Å². The lowest BCUT2D eigenvalue weighted by atomic mass is 9.94. The summed E-state index contributed by atoms with van der Waals surface area (Å²) in [5.74, 6) is 0.100. The summed E-state index contributed by atoms with van der Waals surface area (Å²) >= 11 is 0. The van der Waals surface area contributed by atoms with Crippen LogP contribution >= 0.6 is 0 Å². The highest BCUT2D eigenvalue weighted by Crippen LogP contribution is 2.27. The van der Waals surface area contributed by atoms with E-state index in [1.165, 1.54) is 4.31 Å². The predicted molar refractivity (Wildman–Crippen MR) is 106 cm³/mol. The summed E-state index contributed by atoms with van der Waals surface area (Å²) in [5, 5.41) is 3.39. The highest BCUT2D eigenvalue weighted by Gasteiger charge is 2.36. The third-order valence-electron chi connectivity index (χ3n) is 6.24. The molecule has 2 saturated heterocycles. The van der Waals surface area contributed by atoms with Crippen LogP contribution in [0.2, 0.25) is 0 Å². The average Bonchev–Trinajstić information content (AvgIpc) is 2.65. The lowest BCUT2D eigenvalue weighted by Gasteiger charge is -2.41. The molecule has 2 atom stereocenters. The number of aryl methyl sites for hydroxylation is 2. The van der Waals surface area contributed by atoms with Gasteiger partial charge in [0.2, 0.25) is 15.9 Å². The van der Waals surface area contributed by atoms with Crippen LogP contribution in [-0.4, -0.2) is 61.8 Å². The third kappa shape index (κ3) is 4.05. The molecule has 0 radical (unpaired) electrons. The smallest absolute Gasteiger partial charge is 0.243 e. The predicted octanol–water partition coefficient (Wildman–Crippen LogP) is 1.91. The van der Waals surface area contributed by atoms with E-state index < -0.39 is 10.0 Å². The van der Waals surface area contributed by atoms with Gasteiger partial charge < -0.3 is 10.2 Å². The van der Waals surface area contributed by atoms with Crippen molar-refractivity contribution in [3.05, 3.63) is 29.3 Å². The molecule has 0 spiro atoms. The van der Waals surface area contributed by atoms with Gasteiger partial charge in [-0.2, -0.15) is 4.31 Å². The molecule has 0 aromatic heterocycles. The molecular weight excluding hydrogens is 362 g/mol. The van der Waals surface area contributed by atoms with E-state index in [0.717, 1.165) is 24.2 Å². The number of amides is 1. The van der Waals surface area contributed by atoms with Crippen LogP contribution in [-0.2, 0) is 14.8 Å². The number of hydrogen-bond donors (Lipinski definition) is 1. The zero-order chi connectivity index (χ0) is 19.8. The van der Waals surface area contributed by atoms with Crippen molar-refractivity contribution in [2.24, 2.45) is 5.92 Å². The molecule has 1 N–H and O–H groups in total. The molecule has 0 aliphatic carbocycles. The Bertz CT molecular complexity index is 801. The molecule has 2 aliphatic heterocycles. The third-order valence-corrected chi connectivity index (χ3v) is 8.13. The molecule has 2 unspecified atom stereocenters. The van der Waals surface area contributed by atoms with Gasteiger partial charge in [-0.3, -0.25) is 4.79 Å². The van der Waals surface area contributed by atoms with Crippen LogP contribution in [0, 0.1) is 19.8 Å². The minimum Gasteiger partial charge on any atom is -0.337 e. The molecule has 0 saturated carbocycles. The second kappa shape index (κ2) is 7.89. The maximum atomic E-state index is 12.9. The second-order valence-electron chi connectivity index (χ2n) is 7.94. The van der Waals surface area contributed by atoms with E-state index in [2.05, 4.69) is 19.2 Å². The van der Waals surface area contributed by atoms with Crippen LogP contribution in [0.15, 0.2) is 23.1 Å². The van der Waals surface area contributed by atoms with E-state index in [0.29, 0.717) is 30.8 Å². The molecule has 0 bridgehead atoms. The van der Waals surface area contributed by atoms with Crippen molar-refractivity contribution in [2.45, 2.75) is 57.5 Å². The number of nitrogens with zero attached hydrogens (tertiary/aromatic N) is 2. The zero-order valence-corrected chi connectivity index (χ0v) is 17.6. The Labute approximate surface area is 163 Å². The molecule has 1 amide bonds. The van der Waals surface area contributed by atoms with E-state index in [9.17, 15) is 13.2 Å². The topological polar surface area (TPSA) is 69.7 Å². The lowest BCUT2D eigenvalue weighted by molar-refractivity contribution is -0.140. The Hall–Kier alpha value is -1.44. The largest absolute Gasteiger partial charge is 0.337 e. The molecule has 6 nitrogen and oxygen atoms in total. The van der Waals surface area contributed by atoms with Gasteiger partial charge in [0.25, 0.3) is 0 Å². The zero-order valence-electron chi connectivity index (χ0n) is 16.7. The van der Waals surface area contributed by atoms with Gasteiger partial charge in [0.05, 0.1) is 4.90 Å². The van der Waals surface area contributed by atoms with Crippen LogP contribution in [0.3, 0.4) is 0 Å². The Kier molecular flexibility index (Phi) is 5.93. The first kappa shape index (κ1) is 20.3. The lowest BCUT2D eigenvalue weighted by Crippen LogP contribution is -2.59. The Morgan fingerprint density at radius 2 is 1.74 bits per heavy atom. The SMILES string of the molecule is Cc1ccc(S(=O)(=O)N2CCC(C(=O)N3CCNC(C)C3C)CC2)cc1C. The van der Waals surface area contributed by atoms with Gasteiger partial charge in [0.1, 0.15) is 0 Å². The first-order valence-electron chi connectivity index (χ1n) is 9.83. The summed E-state index contributed by atoms with van der Waals surface area (Å²) in [6, 6.07) is 5.73. The highest BCUT2D eigenvalue weighted by atomic mass is 32.2. The van der Waals surface area contributed by atoms with Gasteiger partial charge in [0.15, 0.2) is 0 Å². The van der Waals surface area contributed by atoms with Crippen molar-refractivity contribution >= 4 is 15.9 Å². The normalized spacial score (nSPS) is 25.6. The van der Waals surface area contributed by atoms with Gasteiger partial charge in [-0.05, 0) is 63.8 Å². The van der Waals surface area contributed by atoms with Gasteiger partial charge in [0, 0.05) is 44.2 Å². The fourth-order valence-corrected chi connectivity index (χ4v) is 5.52. The number of sulfonamides is 1. The van der Waals surface area contributed by atoms with Crippen molar-refractivity contribution in [1.29, 1.82) is 0 Å². The molecule has 2 fully saturated rings. The van der Waals surface area contributed by atoms with Crippen LogP contribution < -0.4 is 5.32 Å². The van der Waals surface area contributed by atoms with Crippen molar-refractivity contribution < 1.29 is 13.2 Å². The maximum Gasteiger partial charge on any atom is 0.243 e. The number of carbonyl (C=O) groups excluding carboxylic acids is 1. The number of nitrogens with one attached hydrogen (secondary N) is 1. The van der Waals surface area contributed by atoms with E-state index in [4.69, 9.17) is 0 Å². The fraction of sp³-hybridized carbons (Fsp3) is 0.650. The number of piperazine rings is 1. The van der Waals surface area contributed by atoms with Crippen molar-refractivity contribution in [3.8, 4) is 0 Å². The van der Waals surface area contributed by atoms with Crippen LogP contribution in [0.4, 0.5) is 0 Å². The van der Waals surface area contributed by atoms with E-state index in [-0.39, 0.29) is 23.9 Å². The number of benzene rings is 1. The maximum absolute atomic E-state index is 12.9. The molecular formula is C20H31N3O3S. The minimum absolute atomic E-state index is 0.0797. The van der Waals surface area contributed by atoms with Gasteiger partial charge >= 0.3 is 0 Å². The molecule has 2 aliphatic rings. The Morgan fingerprint density at radius 3 is 2.37 bits per heavy atom. The average molecular weight is 394 g/mol. The van der Waals surface area contributed by atoms with Crippen LogP contribution in [0.5, 0.6) is 0 Å². The standard InChI is InChI=1S/C20H31N3O3S/c1-14-5-6-19(13-15(14)2)27(25,26)22-10-7-18(8-11-22)20(24)23-12-9-21-16(3)17(23)4/h5-6,13,16-18,21H,7-12H2,1-4H3. The number of carbonyl (C=O) groups is 1. The first-order valence-corrected chi connectivity index (χ1v) is 11.3. The summed E-state index contributed by atoms with van der Waals surface area (Å²) in [6.45, 7) is 10.4. The monoisotopic (exact) mass is 393 g/mol. The minimum atomic E-state index is -3.50. The van der Waals surface area contributed by atoms with Gasteiger partial charge in [-0.25, -0.2) is 8.42 Å². The van der Waals surface area contributed by atoms with Crippen molar-refractivity contribution in [1.82, 2.24) is 14.5 Å². The number of piperidine rings is 1. The van der Waals surface area contributed by atoms with Crippen LogP contribution in [0.1, 0.15) is 37.8 Å². The number of hydrogen-bond acceptors (Lipinski definition) is 4. The first-order chi connectivity index (χ1) is 12.7. The summed E-state index contributed by atoms with van der Waals surface area (Å²) in [5.41, 5.74) is 2.06. The van der Waals surface area contributed by atoms with Crippen molar-refractivity contribution in [2.75, 3.05) is 26.2 Å². The molecule has 1 aromatic carbocycles. The molecule has 150 valence electrons. The quantitative estimate of drug-likeness (QED) is 0.852. The second-order valence-corrected chi connectivity index (χ2v) is 9.88. The number of rotatable bonds is 3. The summed E-state index contributed by atoms with van der Waals surface area (Å²) in [7, 11) is -3.50.